The summed E-state index contributed by atoms with van der Waals surface area (Å²) in [6.07, 6.45) is 6.35. The second-order valence-corrected chi connectivity index (χ2v) is 8.15. The number of nitrogens with zero attached hydrogens (tertiary/aromatic N) is 5. The van der Waals surface area contributed by atoms with Crippen LogP contribution in [0.1, 0.15) is 32.6 Å². The summed E-state index contributed by atoms with van der Waals surface area (Å²) in [5, 5.41) is 8.45. The molecule has 1 N–H and O–H groups in total. The molecule has 7 heteroatoms. The Morgan fingerprint density at radius 3 is 2.62 bits per heavy atom. The van der Waals surface area contributed by atoms with E-state index in [9.17, 15) is 4.39 Å². The van der Waals surface area contributed by atoms with Crippen LogP contribution in [0.25, 0.3) is 28.0 Å². The van der Waals surface area contributed by atoms with E-state index in [0.717, 1.165) is 85.1 Å². The summed E-state index contributed by atoms with van der Waals surface area (Å²) in [5.74, 6) is 1.42. The van der Waals surface area contributed by atoms with Gasteiger partial charge in [0.2, 0.25) is 5.95 Å². The number of anilines is 2. The molecule has 4 heterocycles. The van der Waals surface area contributed by atoms with Gasteiger partial charge in [0.05, 0.1) is 16.8 Å². The second kappa shape index (κ2) is 8.94. The number of rotatable bonds is 7. The van der Waals surface area contributed by atoms with Crippen LogP contribution in [0.15, 0.2) is 54.7 Å². The van der Waals surface area contributed by atoms with E-state index < -0.39 is 0 Å². The third-order valence-corrected chi connectivity index (χ3v) is 5.90. The average Bonchev–Trinajstić information content (AvgIpc) is 3.49. The summed E-state index contributed by atoms with van der Waals surface area (Å²) in [7, 11) is 0. The van der Waals surface area contributed by atoms with E-state index in [1.54, 1.807) is 12.1 Å². The van der Waals surface area contributed by atoms with E-state index in [4.69, 9.17) is 10.1 Å². The van der Waals surface area contributed by atoms with E-state index >= 15 is 0 Å². The molecular formula is C25H27FN6. The summed E-state index contributed by atoms with van der Waals surface area (Å²) in [4.78, 5) is 11.7. The smallest absolute Gasteiger partial charge is 0.225 e. The average molecular weight is 431 g/mol. The molecule has 1 aliphatic heterocycles. The van der Waals surface area contributed by atoms with Gasteiger partial charge >= 0.3 is 0 Å². The lowest BCUT2D eigenvalue weighted by Gasteiger charge is -2.15. The topological polar surface area (TPSA) is 58.4 Å². The maximum Gasteiger partial charge on any atom is 0.225 e. The van der Waals surface area contributed by atoms with Gasteiger partial charge in [-0.2, -0.15) is 5.10 Å². The molecule has 0 saturated carbocycles. The molecule has 1 aromatic carbocycles. The molecule has 4 aromatic rings. The maximum atomic E-state index is 13.6. The summed E-state index contributed by atoms with van der Waals surface area (Å²) in [6.45, 7) is 5.01. The Bertz CT molecular complexity index is 1210. The lowest BCUT2D eigenvalue weighted by Crippen LogP contribution is -2.20. The number of pyridine rings is 1. The number of hydrogen-bond donors (Lipinski definition) is 1. The Kier molecular flexibility index (Phi) is 5.71. The van der Waals surface area contributed by atoms with Gasteiger partial charge in [-0.1, -0.05) is 19.4 Å². The molecule has 1 fully saturated rings. The summed E-state index contributed by atoms with van der Waals surface area (Å²) < 4.78 is 15.6. The first-order valence-electron chi connectivity index (χ1n) is 11.3. The Morgan fingerprint density at radius 1 is 1.03 bits per heavy atom. The van der Waals surface area contributed by atoms with Crippen molar-refractivity contribution in [2.75, 3.05) is 29.9 Å². The zero-order chi connectivity index (χ0) is 21.9. The van der Waals surface area contributed by atoms with Crippen LogP contribution >= 0.6 is 0 Å². The molecule has 0 spiro atoms. The Hall–Kier alpha value is -3.48. The van der Waals surface area contributed by atoms with Crippen molar-refractivity contribution in [3.8, 4) is 22.5 Å². The Morgan fingerprint density at radius 2 is 1.84 bits per heavy atom. The van der Waals surface area contributed by atoms with E-state index in [2.05, 4.69) is 28.2 Å². The van der Waals surface area contributed by atoms with Gasteiger partial charge in [-0.25, -0.2) is 18.9 Å². The first kappa shape index (κ1) is 20.4. The van der Waals surface area contributed by atoms with Crippen molar-refractivity contribution in [1.82, 2.24) is 19.6 Å². The third-order valence-electron chi connectivity index (χ3n) is 5.90. The Labute approximate surface area is 187 Å². The standard InChI is InChI=1S/C25H27FN6/c1-2-3-14-27-22-8-6-7-21-23(20-13-15-28-25(29-20)31-16-4-5-17-31)24(30-32(21)22)18-9-11-19(26)12-10-18/h6-13,15,27H,2-5,14,16-17H2,1H3. The molecule has 1 aliphatic rings. The van der Waals surface area contributed by atoms with E-state index in [1.165, 1.54) is 12.1 Å². The largest absolute Gasteiger partial charge is 0.370 e. The fourth-order valence-electron chi connectivity index (χ4n) is 4.22. The molecule has 5 rings (SSSR count). The monoisotopic (exact) mass is 430 g/mol. The van der Waals surface area contributed by atoms with Gasteiger partial charge < -0.3 is 10.2 Å². The van der Waals surface area contributed by atoms with Gasteiger partial charge in [0.15, 0.2) is 0 Å². The van der Waals surface area contributed by atoms with Crippen molar-refractivity contribution < 1.29 is 4.39 Å². The zero-order valence-electron chi connectivity index (χ0n) is 18.3. The van der Waals surface area contributed by atoms with Crippen LogP contribution in [0.4, 0.5) is 16.2 Å². The van der Waals surface area contributed by atoms with Crippen molar-refractivity contribution in [2.45, 2.75) is 32.6 Å². The molecule has 6 nitrogen and oxygen atoms in total. The fourth-order valence-corrected chi connectivity index (χ4v) is 4.22. The minimum absolute atomic E-state index is 0.264. The molecule has 0 bridgehead atoms. The van der Waals surface area contributed by atoms with E-state index in [1.807, 2.05) is 28.9 Å². The van der Waals surface area contributed by atoms with Gasteiger partial charge in [0.25, 0.3) is 0 Å². The second-order valence-electron chi connectivity index (χ2n) is 8.15. The SMILES string of the molecule is CCCCNc1cccc2c(-c3ccnc(N4CCCC4)n3)c(-c3ccc(F)cc3)nn12. The van der Waals surface area contributed by atoms with Gasteiger partial charge in [-0.3, -0.25) is 0 Å². The van der Waals surface area contributed by atoms with E-state index in [0.29, 0.717) is 0 Å². The van der Waals surface area contributed by atoms with Crippen molar-refractivity contribution in [3.05, 3.63) is 60.5 Å². The van der Waals surface area contributed by atoms with Gasteiger partial charge in [-0.05, 0) is 61.7 Å². The lowest BCUT2D eigenvalue weighted by atomic mass is 10.0. The predicted molar refractivity (Wildman–Crippen MR) is 126 cm³/mol. The maximum absolute atomic E-state index is 13.6. The van der Waals surface area contributed by atoms with Crippen LogP contribution in [-0.4, -0.2) is 39.2 Å². The van der Waals surface area contributed by atoms with Gasteiger partial charge in [0, 0.05) is 31.4 Å². The molecule has 0 amide bonds. The van der Waals surface area contributed by atoms with Crippen LogP contribution in [0.2, 0.25) is 0 Å². The Balaban J connectivity index is 1.67. The van der Waals surface area contributed by atoms with Gasteiger partial charge in [-0.15, -0.1) is 0 Å². The molecule has 32 heavy (non-hydrogen) atoms. The van der Waals surface area contributed by atoms with E-state index in [-0.39, 0.29) is 5.82 Å². The molecule has 3 aromatic heterocycles. The molecule has 1 saturated heterocycles. The van der Waals surface area contributed by atoms with Crippen LogP contribution in [0.5, 0.6) is 0 Å². The minimum Gasteiger partial charge on any atom is -0.370 e. The van der Waals surface area contributed by atoms with Crippen LogP contribution in [-0.2, 0) is 0 Å². The quantitative estimate of drug-likeness (QED) is 0.397. The highest BCUT2D eigenvalue weighted by Gasteiger charge is 2.21. The van der Waals surface area contributed by atoms with Crippen molar-refractivity contribution in [1.29, 1.82) is 0 Å². The molecular weight excluding hydrogens is 403 g/mol. The third kappa shape index (κ3) is 3.90. The highest BCUT2D eigenvalue weighted by atomic mass is 19.1. The zero-order valence-corrected chi connectivity index (χ0v) is 18.3. The number of hydrogen-bond acceptors (Lipinski definition) is 5. The predicted octanol–water partition coefficient (Wildman–Crippen LogP) is 5.41. The molecule has 0 radical (unpaired) electrons. The minimum atomic E-state index is -0.264. The van der Waals surface area contributed by atoms with Crippen molar-refractivity contribution in [2.24, 2.45) is 0 Å². The summed E-state index contributed by atoms with van der Waals surface area (Å²) in [5.41, 5.74) is 4.34. The molecule has 0 unspecified atom stereocenters. The number of unbranched alkanes of at least 4 members (excludes halogenated alkanes) is 1. The lowest BCUT2D eigenvalue weighted by molar-refractivity contribution is 0.628. The molecule has 164 valence electrons. The van der Waals surface area contributed by atoms with Crippen LogP contribution in [0, 0.1) is 5.82 Å². The highest BCUT2D eigenvalue weighted by molar-refractivity contribution is 5.91. The number of nitrogens with one attached hydrogen (secondary N) is 1. The fraction of sp³-hybridized carbons (Fsp3) is 0.320. The first-order chi connectivity index (χ1) is 15.7. The van der Waals surface area contributed by atoms with Crippen molar-refractivity contribution >= 4 is 17.3 Å². The number of halogens is 1. The summed E-state index contributed by atoms with van der Waals surface area (Å²) >= 11 is 0. The highest BCUT2D eigenvalue weighted by Crippen LogP contribution is 2.36. The normalized spacial score (nSPS) is 13.8. The number of aromatic nitrogens is 4. The van der Waals surface area contributed by atoms with Crippen molar-refractivity contribution in [3.63, 3.8) is 0 Å². The molecule has 0 atom stereocenters. The first-order valence-corrected chi connectivity index (χ1v) is 11.3. The number of fused-ring (bicyclic) bond motifs is 1. The van der Waals surface area contributed by atoms with Gasteiger partial charge in [0.1, 0.15) is 17.3 Å². The molecule has 0 aliphatic carbocycles. The summed E-state index contributed by atoms with van der Waals surface area (Å²) in [6, 6.07) is 14.5. The van der Waals surface area contributed by atoms with Crippen LogP contribution in [0.3, 0.4) is 0 Å². The number of benzene rings is 1. The van der Waals surface area contributed by atoms with Crippen LogP contribution < -0.4 is 10.2 Å².